The van der Waals surface area contributed by atoms with Crippen molar-refractivity contribution < 1.29 is 4.79 Å². The number of ketones is 1. The molecule has 0 N–H and O–H groups in total. The van der Waals surface area contributed by atoms with E-state index >= 15 is 0 Å². The van der Waals surface area contributed by atoms with Crippen molar-refractivity contribution in [2.24, 2.45) is 11.8 Å². The molecule has 1 aromatic carbocycles. The first kappa shape index (κ1) is 12.4. The molecule has 0 bridgehead atoms. The lowest BCUT2D eigenvalue weighted by Gasteiger charge is -2.12. The summed E-state index contributed by atoms with van der Waals surface area (Å²) < 4.78 is 2.06. The van der Waals surface area contributed by atoms with Crippen LogP contribution in [0.2, 0.25) is 0 Å². The summed E-state index contributed by atoms with van der Waals surface area (Å²) >= 11 is 0. The highest BCUT2D eigenvalue weighted by molar-refractivity contribution is 5.84. The van der Waals surface area contributed by atoms with Crippen molar-refractivity contribution in [1.29, 1.82) is 0 Å². The van der Waals surface area contributed by atoms with Gasteiger partial charge in [0.1, 0.15) is 5.78 Å². The van der Waals surface area contributed by atoms with Gasteiger partial charge in [0.25, 0.3) is 0 Å². The van der Waals surface area contributed by atoms with E-state index in [9.17, 15) is 4.79 Å². The summed E-state index contributed by atoms with van der Waals surface area (Å²) in [6.07, 6.45) is 2.70. The molecule has 1 aliphatic rings. The summed E-state index contributed by atoms with van der Waals surface area (Å²) in [7, 11) is 0. The van der Waals surface area contributed by atoms with Crippen molar-refractivity contribution in [2.75, 3.05) is 0 Å². The van der Waals surface area contributed by atoms with Crippen molar-refractivity contribution in [3.63, 3.8) is 0 Å². The number of aryl methyl sites for hydroxylation is 1. The molecular formula is C16H20N2O. The third kappa shape index (κ3) is 2.07. The van der Waals surface area contributed by atoms with Gasteiger partial charge in [0.05, 0.1) is 11.2 Å². The number of nitrogens with zero attached hydrogens (tertiary/aromatic N) is 2. The monoisotopic (exact) mass is 256 g/mol. The third-order valence-corrected chi connectivity index (χ3v) is 4.47. The lowest BCUT2D eigenvalue weighted by molar-refractivity contribution is -0.120. The van der Waals surface area contributed by atoms with Crippen LogP contribution in [0.1, 0.15) is 32.4 Å². The second-order valence-corrected chi connectivity index (χ2v) is 5.54. The molecule has 1 saturated carbocycles. The van der Waals surface area contributed by atoms with Gasteiger partial charge in [-0.05, 0) is 31.7 Å². The van der Waals surface area contributed by atoms with Gasteiger partial charge in [-0.2, -0.15) is 5.10 Å². The summed E-state index contributed by atoms with van der Waals surface area (Å²) in [5.41, 5.74) is 2.36. The fourth-order valence-corrected chi connectivity index (χ4v) is 3.18. The maximum absolute atomic E-state index is 11.7. The zero-order chi connectivity index (χ0) is 13.4. The molecule has 2 unspecified atom stereocenters. The van der Waals surface area contributed by atoms with Crippen LogP contribution in [0.15, 0.2) is 24.3 Å². The van der Waals surface area contributed by atoms with Gasteiger partial charge < -0.3 is 0 Å². The molecule has 0 spiro atoms. The maximum atomic E-state index is 11.7. The van der Waals surface area contributed by atoms with Gasteiger partial charge in [-0.15, -0.1) is 0 Å². The molecule has 1 aromatic heterocycles. The molecule has 19 heavy (non-hydrogen) atoms. The average Bonchev–Trinajstić information content (AvgIpc) is 2.95. The minimum Gasteiger partial charge on any atom is -0.299 e. The Labute approximate surface area is 113 Å². The van der Waals surface area contributed by atoms with Crippen molar-refractivity contribution >= 4 is 16.7 Å². The number of hydrogen-bond acceptors (Lipinski definition) is 2. The van der Waals surface area contributed by atoms with Crippen LogP contribution in [0.4, 0.5) is 0 Å². The van der Waals surface area contributed by atoms with E-state index in [0.717, 1.165) is 31.5 Å². The summed E-state index contributed by atoms with van der Waals surface area (Å²) in [5, 5.41) is 5.98. The second-order valence-electron chi connectivity index (χ2n) is 5.54. The predicted molar refractivity (Wildman–Crippen MR) is 76.0 cm³/mol. The number of rotatable bonds is 3. The van der Waals surface area contributed by atoms with E-state index in [0.29, 0.717) is 11.7 Å². The molecule has 3 nitrogen and oxygen atoms in total. The quantitative estimate of drug-likeness (QED) is 0.845. The third-order valence-electron chi connectivity index (χ3n) is 4.47. The van der Waals surface area contributed by atoms with E-state index in [-0.39, 0.29) is 5.92 Å². The molecule has 0 saturated heterocycles. The number of hydrogen-bond donors (Lipinski definition) is 0. The number of benzene rings is 1. The molecule has 3 heteroatoms. The maximum Gasteiger partial charge on any atom is 0.136 e. The van der Waals surface area contributed by atoms with E-state index in [4.69, 9.17) is 5.10 Å². The minimum atomic E-state index is 0.200. The molecular weight excluding hydrogens is 236 g/mol. The van der Waals surface area contributed by atoms with Crippen LogP contribution in [-0.2, 0) is 17.8 Å². The first-order chi connectivity index (χ1) is 9.20. The summed E-state index contributed by atoms with van der Waals surface area (Å²) in [5.74, 6) is 1.09. The number of carbonyl (C=O) groups excluding carboxylic acids is 1. The summed E-state index contributed by atoms with van der Waals surface area (Å²) in [4.78, 5) is 11.7. The normalized spacial score (nSPS) is 23.4. The number of fused-ring (bicyclic) bond motifs is 1. The fraction of sp³-hybridized carbons (Fsp3) is 0.500. The number of aromatic nitrogens is 2. The SMILES string of the molecule is CCn1nc(CC2CCC(=O)C2C)c2ccccc21. The molecule has 1 heterocycles. The lowest BCUT2D eigenvalue weighted by Crippen LogP contribution is -2.13. The zero-order valence-electron chi connectivity index (χ0n) is 11.6. The van der Waals surface area contributed by atoms with Gasteiger partial charge in [0.15, 0.2) is 0 Å². The Morgan fingerprint density at radius 1 is 1.37 bits per heavy atom. The number of para-hydroxylation sites is 1. The standard InChI is InChI=1S/C16H20N2O/c1-3-18-15-7-5-4-6-13(15)14(17-18)10-12-8-9-16(19)11(12)2/h4-7,11-12H,3,8-10H2,1-2H3. The van der Waals surface area contributed by atoms with Crippen LogP contribution in [0.3, 0.4) is 0 Å². The Balaban J connectivity index is 1.95. The van der Waals surface area contributed by atoms with Crippen molar-refractivity contribution in [1.82, 2.24) is 9.78 Å². The van der Waals surface area contributed by atoms with E-state index in [1.165, 1.54) is 10.9 Å². The molecule has 0 aliphatic heterocycles. The van der Waals surface area contributed by atoms with Gasteiger partial charge in [0.2, 0.25) is 0 Å². The van der Waals surface area contributed by atoms with E-state index in [2.05, 4.69) is 42.8 Å². The van der Waals surface area contributed by atoms with Gasteiger partial charge in [0, 0.05) is 24.3 Å². The molecule has 1 fully saturated rings. The molecule has 100 valence electrons. The van der Waals surface area contributed by atoms with E-state index < -0.39 is 0 Å². The highest BCUT2D eigenvalue weighted by Gasteiger charge is 2.31. The van der Waals surface area contributed by atoms with Crippen LogP contribution < -0.4 is 0 Å². The number of Topliss-reactive ketones (excluding diaryl/α,β-unsaturated/α-hetero) is 1. The zero-order valence-corrected chi connectivity index (χ0v) is 11.6. The largest absolute Gasteiger partial charge is 0.299 e. The Hall–Kier alpha value is -1.64. The second kappa shape index (κ2) is 4.80. The molecule has 2 aromatic rings. The molecule has 0 amide bonds. The van der Waals surface area contributed by atoms with Crippen molar-refractivity contribution in [2.45, 2.75) is 39.7 Å². The highest BCUT2D eigenvalue weighted by Crippen LogP contribution is 2.32. The fourth-order valence-electron chi connectivity index (χ4n) is 3.18. The Bertz CT molecular complexity index is 614. The Morgan fingerprint density at radius 3 is 2.84 bits per heavy atom. The van der Waals surface area contributed by atoms with E-state index in [1.54, 1.807) is 0 Å². The van der Waals surface area contributed by atoms with Crippen LogP contribution in [0.5, 0.6) is 0 Å². The van der Waals surface area contributed by atoms with Crippen LogP contribution >= 0.6 is 0 Å². The number of carbonyl (C=O) groups is 1. The van der Waals surface area contributed by atoms with Crippen LogP contribution in [-0.4, -0.2) is 15.6 Å². The summed E-state index contributed by atoms with van der Waals surface area (Å²) in [6, 6.07) is 8.39. The highest BCUT2D eigenvalue weighted by atomic mass is 16.1. The lowest BCUT2D eigenvalue weighted by atomic mass is 9.92. The van der Waals surface area contributed by atoms with Crippen molar-refractivity contribution in [3.05, 3.63) is 30.0 Å². The molecule has 2 atom stereocenters. The predicted octanol–water partition coefficient (Wildman–Crippen LogP) is 3.21. The molecule has 1 aliphatic carbocycles. The first-order valence-electron chi connectivity index (χ1n) is 7.17. The Morgan fingerprint density at radius 2 is 2.16 bits per heavy atom. The van der Waals surface area contributed by atoms with Gasteiger partial charge in [-0.25, -0.2) is 0 Å². The smallest absolute Gasteiger partial charge is 0.136 e. The van der Waals surface area contributed by atoms with E-state index in [1.807, 2.05) is 0 Å². The first-order valence-corrected chi connectivity index (χ1v) is 7.17. The van der Waals surface area contributed by atoms with Gasteiger partial charge >= 0.3 is 0 Å². The topological polar surface area (TPSA) is 34.9 Å². The van der Waals surface area contributed by atoms with Gasteiger partial charge in [-0.3, -0.25) is 9.48 Å². The van der Waals surface area contributed by atoms with Crippen molar-refractivity contribution in [3.8, 4) is 0 Å². The van der Waals surface area contributed by atoms with Crippen LogP contribution in [0.25, 0.3) is 10.9 Å². The average molecular weight is 256 g/mol. The minimum absolute atomic E-state index is 0.200. The summed E-state index contributed by atoms with van der Waals surface area (Å²) in [6.45, 7) is 5.07. The van der Waals surface area contributed by atoms with Crippen LogP contribution in [0, 0.1) is 11.8 Å². The molecule has 3 rings (SSSR count). The molecule has 0 radical (unpaired) electrons. The Kier molecular flexibility index (Phi) is 3.13. The van der Waals surface area contributed by atoms with Gasteiger partial charge in [-0.1, -0.05) is 25.1 Å².